The molecule has 0 radical (unpaired) electrons. The molecule has 3 fully saturated rings. The highest BCUT2D eigenvalue weighted by Gasteiger charge is 2.62. The average Bonchev–Trinajstić information content (AvgIpc) is 3.80. The topological polar surface area (TPSA) is 147 Å². The van der Waals surface area contributed by atoms with Gasteiger partial charge in [0.2, 0.25) is 0 Å². The van der Waals surface area contributed by atoms with Gasteiger partial charge in [0.05, 0.1) is 17.8 Å². The fourth-order valence-corrected chi connectivity index (χ4v) is 8.78. The SMILES string of the molecule is COC(=O)N(CC(C)[C@@H]1CC[C@@H](C)[C@@]2(O)[C@@H]1C=C(C)[C@@H](OC(C)=O)[C@@H]2OC(=O)[C@@H]1C[C@@]2(O)c3cccc(Cl)c3N(C)O[C@H]2N1)C1CC1. The molecular weight excluding hydrogens is 630 g/mol. The second-order valence-corrected chi connectivity index (χ2v) is 14.6. The van der Waals surface area contributed by atoms with Crippen LogP contribution in [0.4, 0.5) is 10.5 Å². The van der Waals surface area contributed by atoms with E-state index < -0.39 is 53.5 Å². The molecule has 258 valence electrons. The molecule has 12 nitrogen and oxygen atoms in total. The summed E-state index contributed by atoms with van der Waals surface area (Å²) in [4.78, 5) is 46.7. The van der Waals surface area contributed by atoms with Crippen LogP contribution in [0.3, 0.4) is 0 Å². The molecule has 3 aliphatic carbocycles. The summed E-state index contributed by atoms with van der Waals surface area (Å²) in [6.45, 7) is 7.57. The summed E-state index contributed by atoms with van der Waals surface area (Å²) in [5.41, 5.74) is -1.47. The van der Waals surface area contributed by atoms with Crippen LogP contribution in [0.5, 0.6) is 0 Å². The molecule has 2 saturated carbocycles. The van der Waals surface area contributed by atoms with E-state index >= 15 is 0 Å². The van der Waals surface area contributed by atoms with Crippen molar-refractivity contribution in [1.82, 2.24) is 10.2 Å². The quantitative estimate of drug-likeness (QED) is 0.221. The number of hydroxylamine groups is 1. The molecule has 2 heterocycles. The number of benzene rings is 1. The lowest BCUT2D eigenvalue weighted by atomic mass is 9.55. The fraction of sp³-hybridized carbons (Fsp3) is 0.676. The Balaban J connectivity index is 1.29. The maximum absolute atomic E-state index is 14.1. The molecule has 0 aromatic heterocycles. The number of para-hydroxylation sites is 1. The number of ether oxygens (including phenoxy) is 3. The number of fused-ring (bicyclic) bond motifs is 4. The number of carbonyl (C=O) groups is 3. The number of hydrogen-bond donors (Lipinski definition) is 3. The van der Waals surface area contributed by atoms with Crippen LogP contribution < -0.4 is 10.4 Å². The van der Waals surface area contributed by atoms with Crippen molar-refractivity contribution in [2.75, 3.05) is 25.8 Å². The summed E-state index contributed by atoms with van der Waals surface area (Å²) in [5, 5.41) is 29.5. The molecule has 2 aliphatic heterocycles. The smallest absolute Gasteiger partial charge is 0.409 e. The van der Waals surface area contributed by atoms with Gasteiger partial charge < -0.3 is 29.3 Å². The Bertz CT molecular complexity index is 1450. The fourth-order valence-electron chi connectivity index (χ4n) is 8.48. The largest absolute Gasteiger partial charge is 0.454 e. The second-order valence-electron chi connectivity index (χ2n) is 14.2. The Morgan fingerprint density at radius 3 is 2.57 bits per heavy atom. The molecule has 6 rings (SSSR count). The van der Waals surface area contributed by atoms with Gasteiger partial charge in [-0.3, -0.25) is 24.8 Å². The van der Waals surface area contributed by atoms with Gasteiger partial charge in [0.25, 0.3) is 0 Å². The molecule has 1 aromatic rings. The summed E-state index contributed by atoms with van der Waals surface area (Å²) >= 11 is 6.44. The molecule has 0 spiro atoms. The summed E-state index contributed by atoms with van der Waals surface area (Å²) in [5.74, 6) is -2.11. The number of hydrogen-bond acceptors (Lipinski definition) is 11. The summed E-state index contributed by atoms with van der Waals surface area (Å²) in [6, 6.07) is 4.32. The monoisotopic (exact) mass is 675 g/mol. The van der Waals surface area contributed by atoms with E-state index in [0.717, 1.165) is 19.3 Å². The lowest BCUT2D eigenvalue weighted by Gasteiger charge is -2.56. The highest BCUT2D eigenvalue weighted by atomic mass is 35.5. The summed E-state index contributed by atoms with van der Waals surface area (Å²) in [7, 11) is 3.06. The molecule has 1 unspecified atom stereocenters. The molecule has 1 aromatic carbocycles. The zero-order valence-corrected chi connectivity index (χ0v) is 28.5. The first-order valence-corrected chi connectivity index (χ1v) is 16.9. The number of nitrogens with one attached hydrogen (secondary N) is 1. The van der Waals surface area contributed by atoms with Crippen LogP contribution in [-0.4, -0.2) is 90.0 Å². The van der Waals surface area contributed by atoms with Gasteiger partial charge in [-0.1, -0.05) is 43.7 Å². The minimum Gasteiger partial charge on any atom is -0.454 e. The molecule has 5 aliphatic rings. The number of methoxy groups -OCH3 is 1. The van der Waals surface area contributed by atoms with Gasteiger partial charge in [0, 0.05) is 44.5 Å². The molecule has 1 amide bonds. The van der Waals surface area contributed by atoms with E-state index in [-0.39, 0.29) is 36.3 Å². The van der Waals surface area contributed by atoms with E-state index in [9.17, 15) is 24.6 Å². The van der Waals surface area contributed by atoms with Crippen LogP contribution >= 0.6 is 11.6 Å². The molecule has 13 heteroatoms. The van der Waals surface area contributed by atoms with Gasteiger partial charge in [0.15, 0.2) is 18.4 Å². The van der Waals surface area contributed by atoms with Crippen molar-refractivity contribution in [3.8, 4) is 0 Å². The zero-order valence-electron chi connectivity index (χ0n) is 27.8. The molecule has 3 N–H and O–H groups in total. The van der Waals surface area contributed by atoms with Gasteiger partial charge in [-0.05, 0) is 62.0 Å². The van der Waals surface area contributed by atoms with Crippen molar-refractivity contribution < 1.29 is 43.6 Å². The number of esters is 2. The number of carbonyl (C=O) groups excluding carboxylic acids is 3. The third kappa shape index (κ3) is 5.79. The standard InChI is InChI=1S/C34H46ClN3O9/c1-17-14-24-22(18(2)16-38(21-11-12-21)32(41)44-6)13-10-19(3)34(24,43)29(28(17)45-20(4)39)46-30(40)26-15-33(42)23-8-7-9-25(35)27(23)37(5)47-31(33)36-26/h7-9,14,18-19,21-22,24,26,28-29,31,36,42-43H,10-13,15-16H2,1-6H3/t18?,19-,22+,24-,26+,28-,29+,31-,33-,34-/m1/s1. The summed E-state index contributed by atoms with van der Waals surface area (Å²) < 4.78 is 17.1. The van der Waals surface area contributed by atoms with Crippen LogP contribution in [0.15, 0.2) is 29.8 Å². The Morgan fingerprint density at radius 2 is 1.91 bits per heavy atom. The van der Waals surface area contributed by atoms with E-state index in [1.807, 2.05) is 19.9 Å². The molecule has 1 saturated heterocycles. The number of anilines is 1. The van der Waals surface area contributed by atoms with Crippen LogP contribution in [0.1, 0.15) is 65.4 Å². The van der Waals surface area contributed by atoms with Crippen LogP contribution in [0, 0.1) is 23.7 Å². The lowest BCUT2D eigenvalue weighted by Crippen LogP contribution is -2.66. The van der Waals surface area contributed by atoms with Gasteiger partial charge >= 0.3 is 18.0 Å². The number of halogens is 1. The third-order valence-electron chi connectivity index (χ3n) is 11.1. The maximum atomic E-state index is 14.1. The highest BCUT2D eigenvalue weighted by molar-refractivity contribution is 6.33. The zero-order chi connectivity index (χ0) is 34.0. The molecule has 10 atom stereocenters. The number of nitrogens with zero attached hydrogens (tertiary/aromatic N) is 2. The van der Waals surface area contributed by atoms with Crippen molar-refractivity contribution in [2.45, 2.75) is 102 Å². The summed E-state index contributed by atoms with van der Waals surface area (Å²) in [6.07, 6.45) is 1.63. The second kappa shape index (κ2) is 12.5. The predicted octanol–water partition coefficient (Wildman–Crippen LogP) is 3.66. The lowest BCUT2D eigenvalue weighted by molar-refractivity contribution is -0.225. The Kier molecular flexibility index (Phi) is 9.05. The van der Waals surface area contributed by atoms with E-state index in [1.165, 1.54) is 19.1 Å². The minimum absolute atomic E-state index is 0.0145. The van der Waals surface area contributed by atoms with Gasteiger partial charge in [-0.2, -0.15) is 0 Å². The van der Waals surface area contributed by atoms with Crippen molar-refractivity contribution >= 4 is 35.3 Å². The van der Waals surface area contributed by atoms with E-state index in [0.29, 0.717) is 34.8 Å². The van der Waals surface area contributed by atoms with Crippen LogP contribution in [-0.2, 0) is 34.2 Å². The van der Waals surface area contributed by atoms with E-state index in [1.54, 1.807) is 30.1 Å². The van der Waals surface area contributed by atoms with Gasteiger partial charge in [0.1, 0.15) is 17.2 Å². The maximum Gasteiger partial charge on any atom is 0.409 e. The van der Waals surface area contributed by atoms with Crippen LogP contribution in [0.25, 0.3) is 0 Å². The molecule has 47 heavy (non-hydrogen) atoms. The first kappa shape index (κ1) is 34.0. The predicted molar refractivity (Wildman–Crippen MR) is 171 cm³/mol. The normalized spacial score (nSPS) is 36.7. The minimum atomic E-state index is -1.58. The third-order valence-corrected chi connectivity index (χ3v) is 11.4. The van der Waals surface area contributed by atoms with Gasteiger partial charge in [-0.15, -0.1) is 0 Å². The Hall–Kier alpha value is -2.90. The number of aliphatic hydroxyl groups is 2. The van der Waals surface area contributed by atoms with Crippen molar-refractivity contribution in [1.29, 1.82) is 0 Å². The van der Waals surface area contributed by atoms with Crippen molar-refractivity contribution in [2.24, 2.45) is 23.7 Å². The number of amides is 1. The Labute approximate surface area is 280 Å². The molecule has 0 bridgehead atoms. The van der Waals surface area contributed by atoms with Crippen molar-refractivity contribution in [3.05, 3.63) is 40.4 Å². The first-order valence-electron chi connectivity index (χ1n) is 16.5. The number of rotatable bonds is 7. The van der Waals surface area contributed by atoms with Gasteiger partial charge in [-0.25, -0.2) is 4.79 Å². The Morgan fingerprint density at radius 1 is 1.19 bits per heavy atom. The van der Waals surface area contributed by atoms with Crippen molar-refractivity contribution in [3.63, 3.8) is 0 Å². The molecular formula is C34H46ClN3O9. The van der Waals surface area contributed by atoms with E-state index in [4.69, 9.17) is 30.6 Å². The van der Waals surface area contributed by atoms with Crippen LogP contribution in [0.2, 0.25) is 5.02 Å². The highest BCUT2D eigenvalue weighted by Crippen LogP contribution is 2.53. The first-order chi connectivity index (χ1) is 22.2. The average molecular weight is 676 g/mol. The van der Waals surface area contributed by atoms with E-state index in [2.05, 4.69) is 12.2 Å².